The summed E-state index contributed by atoms with van der Waals surface area (Å²) in [4.78, 5) is 38.8. The van der Waals surface area contributed by atoms with E-state index < -0.39 is 11.8 Å². The molecule has 0 atom stereocenters. The Morgan fingerprint density at radius 2 is 1.78 bits per heavy atom. The van der Waals surface area contributed by atoms with Crippen molar-refractivity contribution in [2.75, 3.05) is 5.32 Å². The molecule has 1 aromatic heterocycles. The van der Waals surface area contributed by atoms with Gasteiger partial charge in [-0.3, -0.25) is 19.3 Å². The molecule has 1 N–H and O–H groups in total. The minimum absolute atomic E-state index is 0.0534. The molecule has 0 aliphatic carbocycles. The standard InChI is InChI=1S/C20H13BrN2O4/c21-16-5-1-2-6-17(16)22-18(24)12-7-8-14-15(10-12)20(26)23(19(14)25)11-13-4-3-9-27-13/h1-10H,11H2,(H,22,24). The lowest BCUT2D eigenvalue weighted by molar-refractivity contribution is 0.0631. The Morgan fingerprint density at radius 1 is 1.00 bits per heavy atom. The van der Waals surface area contributed by atoms with Crippen LogP contribution in [0, 0.1) is 0 Å². The summed E-state index contributed by atoms with van der Waals surface area (Å²) >= 11 is 3.37. The number of anilines is 1. The van der Waals surface area contributed by atoms with Crippen LogP contribution in [0.15, 0.2) is 69.8 Å². The van der Waals surface area contributed by atoms with Gasteiger partial charge in [0.15, 0.2) is 0 Å². The number of hydrogen-bond donors (Lipinski definition) is 1. The van der Waals surface area contributed by atoms with Gasteiger partial charge in [0.2, 0.25) is 0 Å². The summed E-state index contributed by atoms with van der Waals surface area (Å²) in [7, 11) is 0. The smallest absolute Gasteiger partial charge is 0.261 e. The Balaban J connectivity index is 1.59. The molecule has 27 heavy (non-hydrogen) atoms. The average molecular weight is 425 g/mol. The first-order valence-corrected chi connectivity index (χ1v) is 8.92. The van der Waals surface area contributed by atoms with Crippen LogP contribution >= 0.6 is 15.9 Å². The molecule has 0 bridgehead atoms. The van der Waals surface area contributed by atoms with Gasteiger partial charge in [0.05, 0.1) is 29.6 Å². The molecule has 3 amide bonds. The Hall–Kier alpha value is -3.19. The maximum atomic E-state index is 12.6. The maximum Gasteiger partial charge on any atom is 0.261 e. The lowest BCUT2D eigenvalue weighted by atomic mass is 10.1. The number of rotatable bonds is 4. The monoisotopic (exact) mass is 424 g/mol. The van der Waals surface area contributed by atoms with E-state index >= 15 is 0 Å². The van der Waals surface area contributed by atoms with Crippen molar-refractivity contribution in [3.63, 3.8) is 0 Å². The Bertz CT molecular complexity index is 1060. The number of fused-ring (bicyclic) bond motifs is 1. The molecule has 1 aliphatic rings. The zero-order valence-corrected chi connectivity index (χ0v) is 15.5. The molecule has 6 nitrogen and oxygen atoms in total. The predicted molar refractivity (Wildman–Crippen MR) is 101 cm³/mol. The van der Waals surface area contributed by atoms with E-state index in [9.17, 15) is 14.4 Å². The SMILES string of the molecule is O=C(Nc1ccccc1Br)c1ccc2c(c1)C(=O)N(Cc1ccco1)C2=O. The highest BCUT2D eigenvalue weighted by Crippen LogP contribution is 2.27. The molecule has 3 aromatic rings. The first-order valence-electron chi connectivity index (χ1n) is 8.13. The van der Waals surface area contributed by atoms with Gasteiger partial charge in [-0.05, 0) is 58.4 Å². The van der Waals surface area contributed by atoms with E-state index in [2.05, 4.69) is 21.2 Å². The van der Waals surface area contributed by atoms with Crippen LogP contribution in [0.1, 0.15) is 36.8 Å². The summed E-state index contributed by atoms with van der Waals surface area (Å²) in [6.45, 7) is 0.0534. The van der Waals surface area contributed by atoms with E-state index in [-0.39, 0.29) is 23.6 Å². The van der Waals surface area contributed by atoms with Gasteiger partial charge in [0, 0.05) is 10.0 Å². The number of carbonyl (C=O) groups excluding carboxylic acids is 3. The van der Waals surface area contributed by atoms with Crippen molar-refractivity contribution in [3.8, 4) is 0 Å². The van der Waals surface area contributed by atoms with Crippen molar-refractivity contribution in [1.82, 2.24) is 4.90 Å². The molecule has 134 valence electrons. The number of imide groups is 1. The highest BCUT2D eigenvalue weighted by Gasteiger charge is 2.36. The molecule has 0 saturated heterocycles. The lowest BCUT2D eigenvalue weighted by Crippen LogP contribution is -2.28. The first kappa shape index (κ1) is 17.2. The van der Waals surface area contributed by atoms with Gasteiger partial charge in [-0.25, -0.2) is 0 Å². The second-order valence-electron chi connectivity index (χ2n) is 5.97. The third-order valence-electron chi connectivity index (χ3n) is 4.25. The van der Waals surface area contributed by atoms with Crippen LogP contribution in [0.4, 0.5) is 5.69 Å². The van der Waals surface area contributed by atoms with Crippen molar-refractivity contribution in [2.45, 2.75) is 6.54 Å². The third kappa shape index (κ3) is 3.17. The molecule has 4 rings (SSSR count). The van der Waals surface area contributed by atoms with Crippen LogP contribution < -0.4 is 5.32 Å². The summed E-state index contributed by atoms with van der Waals surface area (Å²) < 4.78 is 5.96. The second kappa shape index (κ2) is 6.85. The molecule has 0 spiro atoms. The van der Waals surface area contributed by atoms with Crippen molar-refractivity contribution in [2.24, 2.45) is 0 Å². The summed E-state index contributed by atoms with van der Waals surface area (Å²) in [6.07, 6.45) is 1.48. The van der Waals surface area contributed by atoms with Gasteiger partial charge >= 0.3 is 0 Å². The van der Waals surface area contributed by atoms with Crippen molar-refractivity contribution < 1.29 is 18.8 Å². The quantitative estimate of drug-likeness (QED) is 0.639. The van der Waals surface area contributed by atoms with Crippen molar-refractivity contribution >= 4 is 39.3 Å². The highest BCUT2D eigenvalue weighted by atomic mass is 79.9. The molecular formula is C20H13BrN2O4. The van der Waals surface area contributed by atoms with E-state index in [1.54, 1.807) is 24.3 Å². The second-order valence-corrected chi connectivity index (χ2v) is 6.82. The lowest BCUT2D eigenvalue weighted by Gasteiger charge is -2.11. The van der Waals surface area contributed by atoms with Crippen LogP contribution in [-0.4, -0.2) is 22.6 Å². The summed E-state index contributed by atoms with van der Waals surface area (Å²) in [5.74, 6) is -0.697. The van der Waals surface area contributed by atoms with Crippen molar-refractivity contribution in [3.05, 3.63) is 87.8 Å². The fraction of sp³-hybridized carbons (Fsp3) is 0.0500. The molecule has 2 heterocycles. The van der Waals surface area contributed by atoms with Gasteiger partial charge in [-0.15, -0.1) is 0 Å². The van der Waals surface area contributed by atoms with Crippen LogP contribution in [0.25, 0.3) is 0 Å². The van der Waals surface area contributed by atoms with Gasteiger partial charge in [-0.2, -0.15) is 0 Å². The van der Waals surface area contributed by atoms with Gasteiger partial charge in [-0.1, -0.05) is 12.1 Å². The minimum atomic E-state index is -0.443. The van der Waals surface area contributed by atoms with Crippen molar-refractivity contribution in [1.29, 1.82) is 0 Å². The number of hydrogen-bond acceptors (Lipinski definition) is 4. The minimum Gasteiger partial charge on any atom is -0.467 e. The zero-order chi connectivity index (χ0) is 19.0. The fourth-order valence-electron chi connectivity index (χ4n) is 2.89. The van der Waals surface area contributed by atoms with Crippen LogP contribution in [-0.2, 0) is 6.54 Å². The van der Waals surface area contributed by atoms with Crippen LogP contribution in [0.5, 0.6) is 0 Å². The number of nitrogens with one attached hydrogen (secondary N) is 1. The Morgan fingerprint density at radius 3 is 2.52 bits per heavy atom. The number of amides is 3. The van der Waals surface area contributed by atoms with Gasteiger partial charge < -0.3 is 9.73 Å². The first-order chi connectivity index (χ1) is 13.0. The highest BCUT2D eigenvalue weighted by molar-refractivity contribution is 9.10. The van der Waals surface area contributed by atoms with E-state index in [0.717, 1.165) is 9.37 Å². The number of halogens is 1. The Labute approximate surface area is 162 Å². The van der Waals surface area contributed by atoms with Crippen LogP contribution in [0.3, 0.4) is 0 Å². The molecule has 7 heteroatoms. The number of furan rings is 1. The van der Waals surface area contributed by atoms with E-state index in [1.165, 1.54) is 24.5 Å². The number of carbonyl (C=O) groups is 3. The molecule has 0 fully saturated rings. The zero-order valence-electron chi connectivity index (χ0n) is 13.9. The van der Waals surface area contributed by atoms with Gasteiger partial charge in [0.1, 0.15) is 5.76 Å². The van der Waals surface area contributed by atoms with E-state index in [0.29, 0.717) is 17.0 Å². The third-order valence-corrected chi connectivity index (χ3v) is 4.94. The molecule has 2 aromatic carbocycles. The Kier molecular flexibility index (Phi) is 4.37. The number of benzene rings is 2. The summed E-state index contributed by atoms with van der Waals surface area (Å²) in [5, 5.41) is 2.78. The predicted octanol–water partition coefficient (Wildman–Crippen LogP) is 4.09. The van der Waals surface area contributed by atoms with Gasteiger partial charge in [0.25, 0.3) is 17.7 Å². The molecule has 0 radical (unpaired) electrons. The normalized spacial score (nSPS) is 13.0. The topological polar surface area (TPSA) is 79.6 Å². The molecule has 0 unspecified atom stereocenters. The van der Waals surface area contributed by atoms with Crippen LogP contribution in [0.2, 0.25) is 0 Å². The number of para-hydroxylation sites is 1. The number of nitrogens with zero attached hydrogens (tertiary/aromatic N) is 1. The summed E-state index contributed by atoms with van der Waals surface area (Å²) in [5.41, 5.74) is 1.41. The average Bonchev–Trinajstić information content (AvgIpc) is 3.26. The summed E-state index contributed by atoms with van der Waals surface area (Å²) in [6, 6.07) is 15.1. The fourth-order valence-corrected chi connectivity index (χ4v) is 3.27. The molecular weight excluding hydrogens is 412 g/mol. The van der Waals surface area contributed by atoms with E-state index in [1.807, 2.05) is 12.1 Å². The molecule has 0 saturated carbocycles. The maximum absolute atomic E-state index is 12.6. The largest absolute Gasteiger partial charge is 0.467 e. The van der Waals surface area contributed by atoms with E-state index in [4.69, 9.17) is 4.42 Å². The molecule has 1 aliphatic heterocycles.